The smallest absolute Gasteiger partial charge is 0.173 e. The molecule has 0 saturated heterocycles. The summed E-state index contributed by atoms with van der Waals surface area (Å²) < 4.78 is 10.5. The van der Waals surface area contributed by atoms with E-state index < -0.39 is 0 Å². The van der Waals surface area contributed by atoms with Crippen molar-refractivity contribution in [2.45, 2.75) is 26.9 Å². The number of nitrogens with zero attached hydrogens (tertiary/aromatic N) is 1. The predicted molar refractivity (Wildman–Crippen MR) is 53.2 cm³/mol. The lowest BCUT2D eigenvalue weighted by Gasteiger charge is -2.11. The second-order valence-corrected chi connectivity index (χ2v) is 4.01. The number of rotatable bonds is 3. The zero-order valence-electron chi connectivity index (χ0n) is 8.67. The average Bonchev–Trinajstić information content (AvgIpc) is 2.58. The molecule has 78 valence electrons. The zero-order chi connectivity index (χ0) is 9.97. The van der Waals surface area contributed by atoms with Crippen LogP contribution >= 0.6 is 0 Å². The molecule has 1 aliphatic heterocycles. The van der Waals surface area contributed by atoms with Gasteiger partial charge in [-0.25, -0.2) is 0 Å². The van der Waals surface area contributed by atoms with Gasteiger partial charge in [0.15, 0.2) is 11.6 Å². The highest BCUT2D eigenvalue weighted by molar-refractivity contribution is 5.45. The molecule has 0 unspecified atom stereocenters. The van der Waals surface area contributed by atoms with Crippen molar-refractivity contribution in [2.24, 2.45) is 5.92 Å². The van der Waals surface area contributed by atoms with Crippen LogP contribution in [-0.2, 0) is 17.8 Å². The summed E-state index contributed by atoms with van der Waals surface area (Å²) in [6, 6.07) is 0. The van der Waals surface area contributed by atoms with Crippen molar-refractivity contribution < 1.29 is 9.26 Å². The second kappa shape index (κ2) is 4.00. The van der Waals surface area contributed by atoms with Crippen LogP contribution in [0, 0.1) is 5.92 Å². The molecule has 1 aliphatic rings. The number of anilines is 1. The van der Waals surface area contributed by atoms with E-state index in [1.54, 1.807) is 0 Å². The van der Waals surface area contributed by atoms with Crippen LogP contribution in [-0.4, -0.2) is 18.3 Å². The number of hydrogen-bond acceptors (Lipinski definition) is 4. The molecule has 0 radical (unpaired) electrons. The van der Waals surface area contributed by atoms with Crippen LogP contribution in [0.4, 0.5) is 5.82 Å². The van der Waals surface area contributed by atoms with Crippen molar-refractivity contribution in [1.82, 2.24) is 5.16 Å². The van der Waals surface area contributed by atoms with Gasteiger partial charge in [0.2, 0.25) is 0 Å². The Kier molecular flexibility index (Phi) is 2.72. The molecule has 0 spiro atoms. The SMILES string of the molecule is CC(C)CNc1noc2c1CCOC2. The van der Waals surface area contributed by atoms with Crippen molar-refractivity contribution in [3.63, 3.8) is 0 Å². The molecular formula is C10H16N2O2. The number of hydrogen-bond donors (Lipinski definition) is 1. The van der Waals surface area contributed by atoms with Gasteiger partial charge < -0.3 is 14.6 Å². The van der Waals surface area contributed by atoms with Gasteiger partial charge in [0.05, 0.1) is 6.61 Å². The predicted octanol–water partition coefficient (Wildman–Crippen LogP) is 1.82. The molecule has 4 nitrogen and oxygen atoms in total. The Balaban J connectivity index is 2.06. The molecule has 0 amide bonds. The minimum atomic E-state index is 0.561. The minimum absolute atomic E-state index is 0.561. The van der Waals surface area contributed by atoms with E-state index in [4.69, 9.17) is 9.26 Å². The molecule has 2 rings (SSSR count). The van der Waals surface area contributed by atoms with Crippen LogP contribution in [0.5, 0.6) is 0 Å². The first-order chi connectivity index (χ1) is 6.77. The van der Waals surface area contributed by atoms with E-state index >= 15 is 0 Å². The first kappa shape index (κ1) is 9.52. The van der Waals surface area contributed by atoms with Gasteiger partial charge in [-0.05, 0) is 5.92 Å². The highest BCUT2D eigenvalue weighted by atomic mass is 16.5. The van der Waals surface area contributed by atoms with Gasteiger partial charge in [-0.1, -0.05) is 19.0 Å². The Labute approximate surface area is 83.6 Å². The molecule has 0 saturated carbocycles. The Hall–Kier alpha value is -1.03. The molecule has 1 N–H and O–H groups in total. The summed E-state index contributed by atoms with van der Waals surface area (Å²) in [5, 5.41) is 7.30. The van der Waals surface area contributed by atoms with Crippen molar-refractivity contribution >= 4 is 5.82 Å². The van der Waals surface area contributed by atoms with Gasteiger partial charge in [-0.2, -0.15) is 0 Å². The Morgan fingerprint density at radius 3 is 3.14 bits per heavy atom. The first-order valence-corrected chi connectivity index (χ1v) is 5.06. The average molecular weight is 196 g/mol. The maximum absolute atomic E-state index is 5.27. The van der Waals surface area contributed by atoms with Crippen LogP contribution in [0.15, 0.2) is 4.52 Å². The molecule has 14 heavy (non-hydrogen) atoms. The molecule has 0 atom stereocenters. The third kappa shape index (κ3) is 1.90. The first-order valence-electron chi connectivity index (χ1n) is 5.06. The maximum Gasteiger partial charge on any atom is 0.173 e. The third-order valence-electron chi connectivity index (χ3n) is 2.28. The lowest BCUT2D eigenvalue weighted by atomic mass is 10.1. The summed E-state index contributed by atoms with van der Waals surface area (Å²) in [6.07, 6.45) is 0.902. The van der Waals surface area contributed by atoms with E-state index in [9.17, 15) is 0 Å². The van der Waals surface area contributed by atoms with E-state index in [0.717, 1.165) is 31.2 Å². The molecule has 0 bridgehead atoms. The molecule has 1 aromatic heterocycles. The van der Waals surface area contributed by atoms with E-state index in [-0.39, 0.29) is 0 Å². The largest absolute Gasteiger partial charge is 0.373 e. The van der Waals surface area contributed by atoms with Crippen molar-refractivity contribution in [3.05, 3.63) is 11.3 Å². The van der Waals surface area contributed by atoms with E-state index in [1.165, 1.54) is 5.56 Å². The quantitative estimate of drug-likeness (QED) is 0.801. The number of fused-ring (bicyclic) bond motifs is 1. The normalized spacial score (nSPS) is 15.6. The summed E-state index contributed by atoms with van der Waals surface area (Å²) in [6.45, 7) is 6.60. The zero-order valence-corrected chi connectivity index (χ0v) is 8.67. The molecule has 2 heterocycles. The van der Waals surface area contributed by atoms with E-state index in [2.05, 4.69) is 24.3 Å². The number of nitrogens with one attached hydrogen (secondary N) is 1. The summed E-state index contributed by atoms with van der Waals surface area (Å²) in [4.78, 5) is 0. The van der Waals surface area contributed by atoms with E-state index in [1.807, 2.05) is 0 Å². The fraction of sp³-hybridized carbons (Fsp3) is 0.700. The fourth-order valence-electron chi connectivity index (χ4n) is 1.49. The van der Waals surface area contributed by atoms with Crippen molar-refractivity contribution in [3.8, 4) is 0 Å². The van der Waals surface area contributed by atoms with Gasteiger partial charge in [-0.15, -0.1) is 0 Å². The van der Waals surface area contributed by atoms with Gasteiger partial charge in [0.25, 0.3) is 0 Å². The van der Waals surface area contributed by atoms with Gasteiger partial charge >= 0.3 is 0 Å². The number of ether oxygens (including phenoxy) is 1. The van der Waals surface area contributed by atoms with Crippen LogP contribution in [0.1, 0.15) is 25.2 Å². The third-order valence-corrected chi connectivity index (χ3v) is 2.28. The Bertz CT molecular complexity index is 307. The second-order valence-electron chi connectivity index (χ2n) is 4.01. The summed E-state index contributed by atoms with van der Waals surface area (Å²) in [5.74, 6) is 2.39. The highest BCUT2D eigenvalue weighted by Crippen LogP contribution is 2.24. The van der Waals surface area contributed by atoms with Crippen molar-refractivity contribution in [2.75, 3.05) is 18.5 Å². The summed E-state index contributed by atoms with van der Waals surface area (Å²) >= 11 is 0. The molecule has 0 aromatic carbocycles. The molecule has 1 aromatic rings. The maximum atomic E-state index is 5.27. The summed E-state index contributed by atoms with van der Waals surface area (Å²) in [5.41, 5.74) is 1.19. The van der Waals surface area contributed by atoms with Crippen LogP contribution < -0.4 is 5.32 Å². The molecular weight excluding hydrogens is 180 g/mol. The van der Waals surface area contributed by atoms with Gasteiger partial charge in [0, 0.05) is 18.5 Å². The lowest BCUT2D eigenvalue weighted by Crippen LogP contribution is -2.13. The van der Waals surface area contributed by atoms with Gasteiger partial charge in [-0.3, -0.25) is 0 Å². The lowest BCUT2D eigenvalue weighted by molar-refractivity contribution is 0.0894. The van der Waals surface area contributed by atoms with Crippen LogP contribution in [0.25, 0.3) is 0 Å². The fourth-order valence-corrected chi connectivity index (χ4v) is 1.49. The van der Waals surface area contributed by atoms with Gasteiger partial charge in [0.1, 0.15) is 6.61 Å². The summed E-state index contributed by atoms with van der Waals surface area (Å²) in [7, 11) is 0. The molecule has 0 fully saturated rings. The topological polar surface area (TPSA) is 47.3 Å². The number of aromatic nitrogens is 1. The monoisotopic (exact) mass is 196 g/mol. The van der Waals surface area contributed by atoms with Crippen molar-refractivity contribution in [1.29, 1.82) is 0 Å². The molecule has 0 aliphatic carbocycles. The van der Waals surface area contributed by atoms with E-state index in [0.29, 0.717) is 12.5 Å². The molecule has 4 heteroatoms. The highest BCUT2D eigenvalue weighted by Gasteiger charge is 2.19. The Morgan fingerprint density at radius 1 is 1.50 bits per heavy atom. The van der Waals surface area contributed by atoms with Crippen LogP contribution in [0.3, 0.4) is 0 Å². The Morgan fingerprint density at radius 2 is 2.36 bits per heavy atom. The van der Waals surface area contributed by atoms with Crippen LogP contribution in [0.2, 0.25) is 0 Å². The standard InChI is InChI=1S/C10H16N2O2/c1-7(2)5-11-10-8-3-4-13-6-9(8)14-12-10/h7H,3-6H2,1-2H3,(H,11,12). The minimum Gasteiger partial charge on any atom is -0.373 e.